The number of amides is 1. The number of carbonyl (C=O) groups excluding carboxylic acids is 1. The van der Waals surface area contributed by atoms with E-state index in [4.69, 9.17) is 11.6 Å². The van der Waals surface area contributed by atoms with Crippen LogP contribution in [-0.4, -0.2) is 31.1 Å². The molecule has 0 unspecified atom stereocenters. The van der Waals surface area contributed by atoms with Gasteiger partial charge in [0.1, 0.15) is 5.69 Å². The zero-order chi connectivity index (χ0) is 24.6. The van der Waals surface area contributed by atoms with Gasteiger partial charge in [0, 0.05) is 36.0 Å². The van der Waals surface area contributed by atoms with Crippen molar-refractivity contribution in [3.8, 4) is 5.75 Å². The Labute approximate surface area is 193 Å². The van der Waals surface area contributed by atoms with Crippen molar-refractivity contribution in [2.75, 3.05) is 4.90 Å². The lowest BCUT2D eigenvalue weighted by Gasteiger charge is -2.23. The second-order valence-corrected chi connectivity index (χ2v) is 7.59. The van der Waals surface area contributed by atoms with Gasteiger partial charge in [0.05, 0.1) is 12.2 Å². The van der Waals surface area contributed by atoms with Crippen molar-refractivity contribution in [2.45, 2.75) is 12.7 Å². The first-order valence-electron chi connectivity index (χ1n) is 9.61. The van der Waals surface area contributed by atoms with Crippen LogP contribution in [0.15, 0.2) is 77.0 Å². The summed E-state index contributed by atoms with van der Waals surface area (Å²) in [6, 6.07) is 8.87. The van der Waals surface area contributed by atoms with Crippen molar-refractivity contribution in [1.29, 1.82) is 0 Å². The second-order valence-electron chi connectivity index (χ2n) is 7.15. The minimum atomic E-state index is -5.33. The molecule has 1 amide bonds. The third kappa shape index (κ3) is 4.25. The molecule has 0 bridgehead atoms. The molecule has 0 saturated carbocycles. The van der Waals surface area contributed by atoms with Crippen LogP contribution in [0.3, 0.4) is 0 Å². The molecule has 3 heterocycles. The Balaban J connectivity index is 1.90. The van der Waals surface area contributed by atoms with E-state index in [0.29, 0.717) is 10.6 Å². The van der Waals surface area contributed by atoms with E-state index in [0.717, 1.165) is 35.1 Å². The molecular formula is C22H14ClF3N4O4. The SMILES string of the molecule is O=C(N(c1ccncc1)c1cn2ccn(Cc3cccc(Cl)c3)c(=O)c2c(O)c1=O)C(F)(F)F. The molecule has 4 rings (SSSR count). The van der Waals surface area contributed by atoms with E-state index in [1.165, 1.54) is 17.0 Å². The number of hydrogen-bond donors (Lipinski definition) is 1. The highest BCUT2D eigenvalue weighted by molar-refractivity contribution is 6.30. The van der Waals surface area contributed by atoms with E-state index < -0.39 is 40.0 Å². The van der Waals surface area contributed by atoms with Gasteiger partial charge in [-0.1, -0.05) is 23.7 Å². The number of aromatic nitrogens is 3. The average Bonchev–Trinajstić information content (AvgIpc) is 2.79. The summed E-state index contributed by atoms with van der Waals surface area (Å²) in [5.41, 5.74) is -3.00. The topological polar surface area (TPSA) is 96.9 Å². The minimum absolute atomic E-state index is 0.0565. The van der Waals surface area contributed by atoms with Crippen LogP contribution in [0.2, 0.25) is 5.02 Å². The van der Waals surface area contributed by atoms with Gasteiger partial charge in [-0.3, -0.25) is 24.3 Å². The third-order valence-corrected chi connectivity index (χ3v) is 5.15. The number of fused-ring (bicyclic) bond motifs is 1. The minimum Gasteiger partial charge on any atom is -0.502 e. The number of rotatable bonds is 4. The van der Waals surface area contributed by atoms with Crippen LogP contribution in [0, 0.1) is 0 Å². The van der Waals surface area contributed by atoms with Gasteiger partial charge in [-0.15, -0.1) is 0 Å². The number of halogens is 4. The first-order valence-corrected chi connectivity index (χ1v) is 9.99. The van der Waals surface area contributed by atoms with Crippen molar-refractivity contribution in [1.82, 2.24) is 14.0 Å². The fourth-order valence-corrected chi connectivity index (χ4v) is 3.61. The fourth-order valence-electron chi connectivity index (χ4n) is 3.39. The lowest BCUT2D eigenvalue weighted by Crippen LogP contribution is -2.40. The van der Waals surface area contributed by atoms with Crippen LogP contribution in [0.25, 0.3) is 5.52 Å². The summed E-state index contributed by atoms with van der Waals surface area (Å²) in [6.45, 7) is 0.0565. The fraction of sp³-hybridized carbons (Fsp3) is 0.0909. The normalized spacial score (nSPS) is 11.5. The Morgan fingerprint density at radius 3 is 2.47 bits per heavy atom. The number of alkyl halides is 3. The monoisotopic (exact) mass is 490 g/mol. The van der Waals surface area contributed by atoms with E-state index in [1.54, 1.807) is 24.3 Å². The first kappa shape index (κ1) is 23.1. The van der Waals surface area contributed by atoms with E-state index in [2.05, 4.69) is 4.98 Å². The molecule has 0 aliphatic carbocycles. The highest BCUT2D eigenvalue weighted by atomic mass is 35.5. The molecule has 174 valence electrons. The molecule has 34 heavy (non-hydrogen) atoms. The number of aromatic hydroxyl groups is 1. The average molecular weight is 491 g/mol. The summed E-state index contributed by atoms with van der Waals surface area (Å²) in [4.78, 5) is 41.9. The molecule has 0 aliphatic rings. The van der Waals surface area contributed by atoms with Crippen LogP contribution in [-0.2, 0) is 11.3 Å². The molecule has 0 spiro atoms. The maximum atomic E-state index is 13.3. The molecule has 0 saturated heterocycles. The summed E-state index contributed by atoms with van der Waals surface area (Å²) in [5.74, 6) is -3.46. The quantitative estimate of drug-likeness (QED) is 0.472. The molecule has 4 aromatic rings. The van der Waals surface area contributed by atoms with E-state index in [9.17, 15) is 32.7 Å². The van der Waals surface area contributed by atoms with Gasteiger partial charge in [-0.2, -0.15) is 13.2 Å². The number of benzene rings is 1. The standard InChI is InChI=1S/C22H14ClF3N4O4/c23-14-3-1-2-13(10-14)11-29-9-8-28-12-16(18(31)19(32)17(28)20(29)33)30(21(34)22(24,25)26)15-4-6-27-7-5-15/h1-10,12,32H,11H2. The van der Waals surface area contributed by atoms with Gasteiger partial charge in [-0.25, -0.2) is 0 Å². The van der Waals surface area contributed by atoms with Crippen molar-refractivity contribution in [2.24, 2.45) is 0 Å². The Hall–Kier alpha value is -4.12. The summed E-state index contributed by atoms with van der Waals surface area (Å²) in [7, 11) is 0. The van der Waals surface area contributed by atoms with E-state index >= 15 is 0 Å². The molecule has 0 aliphatic heterocycles. The van der Waals surface area contributed by atoms with Gasteiger partial charge in [0.2, 0.25) is 5.43 Å². The van der Waals surface area contributed by atoms with Gasteiger partial charge in [-0.05, 0) is 29.8 Å². The van der Waals surface area contributed by atoms with Crippen molar-refractivity contribution in [3.63, 3.8) is 0 Å². The smallest absolute Gasteiger partial charge is 0.472 e. The maximum absolute atomic E-state index is 13.3. The number of carbonyl (C=O) groups is 1. The van der Waals surface area contributed by atoms with Crippen LogP contribution in [0.1, 0.15) is 5.56 Å². The van der Waals surface area contributed by atoms with Gasteiger partial charge in [0.25, 0.3) is 5.56 Å². The number of nitrogens with zero attached hydrogens (tertiary/aromatic N) is 4. The third-order valence-electron chi connectivity index (χ3n) is 4.91. The molecule has 3 aromatic heterocycles. The van der Waals surface area contributed by atoms with E-state index in [-0.39, 0.29) is 17.1 Å². The van der Waals surface area contributed by atoms with E-state index in [1.807, 2.05) is 0 Å². The lowest BCUT2D eigenvalue weighted by atomic mass is 10.2. The summed E-state index contributed by atoms with van der Waals surface area (Å²) in [5, 5.41) is 11.0. The largest absolute Gasteiger partial charge is 0.502 e. The first-order chi connectivity index (χ1) is 16.1. The molecule has 0 fully saturated rings. The molecule has 1 aromatic carbocycles. The zero-order valence-corrected chi connectivity index (χ0v) is 17.8. The molecule has 0 radical (unpaired) electrons. The van der Waals surface area contributed by atoms with Crippen LogP contribution in [0.4, 0.5) is 24.5 Å². The molecule has 0 atom stereocenters. The Morgan fingerprint density at radius 2 is 1.82 bits per heavy atom. The number of hydrogen-bond acceptors (Lipinski definition) is 5. The van der Waals surface area contributed by atoms with Crippen LogP contribution in [0.5, 0.6) is 5.75 Å². The van der Waals surface area contributed by atoms with Gasteiger partial charge < -0.3 is 14.1 Å². The Bertz CT molecular complexity index is 1520. The van der Waals surface area contributed by atoms with Gasteiger partial charge in [0.15, 0.2) is 11.3 Å². The zero-order valence-electron chi connectivity index (χ0n) is 17.0. The predicted octanol–water partition coefficient (Wildman–Crippen LogP) is 3.49. The Morgan fingerprint density at radius 1 is 1.12 bits per heavy atom. The van der Waals surface area contributed by atoms with Gasteiger partial charge >= 0.3 is 12.1 Å². The predicted molar refractivity (Wildman–Crippen MR) is 118 cm³/mol. The lowest BCUT2D eigenvalue weighted by molar-refractivity contribution is -0.169. The highest BCUT2D eigenvalue weighted by Crippen LogP contribution is 2.30. The molecular weight excluding hydrogens is 477 g/mol. The second kappa shape index (κ2) is 8.67. The molecule has 1 N–H and O–H groups in total. The molecule has 12 heteroatoms. The molecule has 8 nitrogen and oxygen atoms in total. The number of pyridine rings is 2. The Kier molecular flexibility index (Phi) is 5.88. The highest BCUT2D eigenvalue weighted by Gasteiger charge is 2.44. The van der Waals surface area contributed by atoms with Crippen molar-refractivity contribution < 1.29 is 23.1 Å². The van der Waals surface area contributed by atoms with Crippen molar-refractivity contribution in [3.05, 3.63) is 98.5 Å². The summed E-state index contributed by atoms with van der Waals surface area (Å²) < 4.78 is 42.2. The maximum Gasteiger partial charge on any atom is 0.472 e. The van der Waals surface area contributed by atoms with Crippen LogP contribution >= 0.6 is 11.6 Å². The summed E-state index contributed by atoms with van der Waals surface area (Å²) in [6.07, 6.45) is 0.426. The van der Waals surface area contributed by atoms with Crippen molar-refractivity contribution >= 4 is 34.4 Å². The summed E-state index contributed by atoms with van der Waals surface area (Å²) >= 11 is 5.96. The van der Waals surface area contributed by atoms with Crippen LogP contribution < -0.4 is 15.9 Å². The number of anilines is 2.